The normalized spacial score (nSPS) is 19.2. The number of hydrogen-bond donors (Lipinski definition) is 0. The van der Waals surface area contributed by atoms with E-state index in [0.29, 0.717) is 0 Å². The molecule has 0 radical (unpaired) electrons. The molecule has 3 nitrogen and oxygen atoms in total. The maximum absolute atomic E-state index is 10.3. The van der Waals surface area contributed by atoms with Gasteiger partial charge in [-0.2, -0.15) is 5.06 Å². The summed E-state index contributed by atoms with van der Waals surface area (Å²) in [6.45, 7) is 4.54. The average molecular weight is 169 g/mol. The van der Waals surface area contributed by atoms with E-state index in [1.807, 2.05) is 11.0 Å². The summed E-state index contributed by atoms with van der Waals surface area (Å²) in [5.41, 5.74) is 0.895. The summed E-state index contributed by atoms with van der Waals surface area (Å²) >= 11 is 0. The van der Waals surface area contributed by atoms with Crippen molar-refractivity contribution in [3.63, 3.8) is 0 Å². The molecule has 0 aromatic heterocycles. The molecule has 1 rings (SSSR count). The minimum absolute atomic E-state index is 0.778. The highest BCUT2D eigenvalue weighted by molar-refractivity contribution is 5.52. The van der Waals surface area contributed by atoms with Gasteiger partial charge in [0.15, 0.2) is 0 Å². The van der Waals surface area contributed by atoms with Crippen LogP contribution in [0.4, 0.5) is 0 Å². The van der Waals surface area contributed by atoms with Gasteiger partial charge in [0, 0.05) is 18.7 Å². The fraction of sp³-hybridized carbons (Fsp3) is 0.778. The summed E-state index contributed by atoms with van der Waals surface area (Å²) in [6, 6.07) is 0. The van der Waals surface area contributed by atoms with E-state index in [2.05, 4.69) is 6.92 Å². The van der Waals surface area contributed by atoms with E-state index in [1.165, 1.54) is 0 Å². The van der Waals surface area contributed by atoms with Crippen molar-refractivity contribution in [1.29, 1.82) is 0 Å². The van der Waals surface area contributed by atoms with E-state index in [4.69, 9.17) is 4.84 Å². The van der Waals surface area contributed by atoms with Crippen LogP contribution in [0.3, 0.4) is 0 Å². The molecule has 0 saturated carbocycles. The first-order chi connectivity index (χ1) is 5.86. The Morgan fingerprint density at radius 3 is 2.67 bits per heavy atom. The second-order valence-electron chi connectivity index (χ2n) is 2.97. The Morgan fingerprint density at radius 2 is 2.17 bits per heavy atom. The van der Waals surface area contributed by atoms with E-state index in [1.54, 1.807) is 0 Å². The molecule has 12 heavy (non-hydrogen) atoms. The van der Waals surface area contributed by atoms with E-state index < -0.39 is 0 Å². The molecule has 1 heterocycles. The monoisotopic (exact) mass is 169 g/mol. The second kappa shape index (κ2) is 5.09. The Balaban J connectivity index is 2.21. The molecule has 68 valence electrons. The topological polar surface area (TPSA) is 29.5 Å². The van der Waals surface area contributed by atoms with Gasteiger partial charge in [0.05, 0.1) is 6.61 Å². The van der Waals surface area contributed by atoms with Crippen LogP contribution in [0.15, 0.2) is 5.57 Å². The van der Waals surface area contributed by atoms with Gasteiger partial charge >= 0.3 is 0 Å². The zero-order chi connectivity index (χ0) is 8.81. The molecule has 0 aliphatic carbocycles. The summed E-state index contributed by atoms with van der Waals surface area (Å²) in [7, 11) is 0. The first-order valence-electron chi connectivity index (χ1n) is 4.47. The number of rotatable bonds is 3. The molecule has 1 fully saturated rings. The number of carbonyl (C=O) groups excluding carboxylic acids is 1. The summed E-state index contributed by atoms with van der Waals surface area (Å²) in [4.78, 5) is 15.7. The summed E-state index contributed by atoms with van der Waals surface area (Å²) < 4.78 is 0. The third-order valence-corrected chi connectivity index (χ3v) is 1.95. The molecule has 0 spiro atoms. The molecule has 0 bridgehead atoms. The van der Waals surface area contributed by atoms with Gasteiger partial charge in [-0.15, -0.1) is 0 Å². The molecule has 3 heteroatoms. The van der Waals surface area contributed by atoms with Crippen molar-refractivity contribution in [2.45, 2.75) is 26.2 Å². The SMILES string of the molecule is CCCON1CCC(=C=O)CC1. The summed E-state index contributed by atoms with van der Waals surface area (Å²) in [5, 5.41) is 1.93. The number of hydrogen-bond acceptors (Lipinski definition) is 3. The smallest absolute Gasteiger partial charge is 0.123 e. The minimum Gasteiger partial charge on any atom is -0.299 e. The second-order valence-corrected chi connectivity index (χ2v) is 2.97. The minimum atomic E-state index is 0.778. The van der Waals surface area contributed by atoms with E-state index in [9.17, 15) is 4.79 Å². The fourth-order valence-corrected chi connectivity index (χ4v) is 1.21. The van der Waals surface area contributed by atoms with E-state index in [0.717, 1.165) is 44.5 Å². The van der Waals surface area contributed by atoms with Crippen molar-refractivity contribution >= 4 is 5.94 Å². The van der Waals surface area contributed by atoms with Crippen molar-refractivity contribution in [3.8, 4) is 0 Å². The highest BCUT2D eigenvalue weighted by atomic mass is 16.7. The Morgan fingerprint density at radius 1 is 1.50 bits per heavy atom. The maximum Gasteiger partial charge on any atom is 0.123 e. The van der Waals surface area contributed by atoms with Crippen LogP contribution in [-0.4, -0.2) is 30.7 Å². The molecule has 1 aliphatic heterocycles. The number of piperidine rings is 1. The predicted molar refractivity (Wildman–Crippen MR) is 46.3 cm³/mol. The molecule has 0 N–H and O–H groups in total. The van der Waals surface area contributed by atoms with Gasteiger partial charge < -0.3 is 0 Å². The van der Waals surface area contributed by atoms with Crippen molar-refractivity contribution < 1.29 is 9.63 Å². The third kappa shape index (κ3) is 2.78. The molecule has 0 unspecified atom stereocenters. The number of hydroxylamine groups is 2. The largest absolute Gasteiger partial charge is 0.299 e. The predicted octanol–water partition coefficient (Wildman–Crippen LogP) is 1.18. The van der Waals surface area contributed by atoms with Gasteiger partial charge in [-0.05, 0) is 19.3 Å². The van der Waals surface area contributed by atoms with Crippen LogP contribution >= 0.6 is 0 Å². The Bertz CT molecular complexity index is 175. The van der Waals surface area contributed by atoms with Gasteiger partial charge in [0.2, 0.25) is 0 Å². The van der Waals surface area contributed by atoms with E-state index in [-0.39, 0.29) is 0 Å². The van der Waals surface area contributed by atoms with Crippen LogP contribution in [0.1, 0.15) is 26.2 Å². The standard InChI is InChI=1S/C9H15NO2/c1-2-7-12-10-5-3-9(8-11)4-6-10/h2-7H2,1H3. The Kier molecular flexibility index (Phi) is 4.01. The van der Waals surface area contributed by atoms with Gasteiger partial charge in [0.25, 0.3) is 0 Å². The molecule has 0 aromatic rings. The van der Waals surface area contributed by atoms with Crippen molar-refractivity contribution in [1.82, 2.24) is 5.06 Å². The Labute approximate surface area is 73.0 Å². The van der Waals surface area contributed by atoms with Crippen LogP contribution in [0.5, 0.6) is 0 Å². The highest BCUT2D eigenvalue weighted by Crippen LogP contribution is 2.13. The lowest BCUT2D eigenvalue weighted by Crippen LogP contribution is -2.31. The van der Waals surface area contributed by atoms with Crippen LogP contribution in [-0.2, 0) is 9.63 Å². The van der Waals surface area contributed by atoms with Crippen LogP contribution < -0.4 is 0 Å². The maximum atomic E-state index is 10.3. The van der Waals surface area contributed by atoms with Gasteiger partial charge in [-0.3, -0.25) is 4.84 Å². The molecule has 0 aromatic carbocycles. The molecular weight excluding hydrogens is 154 g/mol. The van der Waals surface area contributed by atoms with Crippen LogP contribution in [0, 0.1) is 0 Å². The zero-order valence-electron chi connectivity index (χ0n) is 7.51. The first-order valence-corrected chi connectivity index (χ1v) is 4.47. The van der Waals surface area contributed by atoms with Gasteiger partial charge in [-0.25, -0.2) is 4.79 Å². The summed E-state index contributed by atoms with van der Waals surface area (Å²) in [5.74, 6) is 1.96. The van der Waals surface area contributed by atoms with Crippen LogP contribution in [0.25, 0.3) is 0 Å². The Hall–Kier alpha value is -0.630. The quantitative estimate of drug-likeness (QED) is 0.594. The van der Waals surface area contributed by atoms with E-state index >= 15 is 0 Å². The van der Waals surface area contributed by atoms with Crippen LogP contribution in [0.2, 0.25) is 0 Å². The highest BCUT2D eigenvalue weighted by Gasteiger charge is 2.14. The first kappa shape index (κ1) is 9.46. The van der Waals surface area contributed by atoms with Gasteiger partial charge in [0.1, 0.15) is 5.94 Å². The molecule has 0 atom stereocenters. The zero-order valence-corrected chi connectivity index (χ0v) is 7.51. The molecule has 0 amide bonds. The molecular formula is C9H15NO2. The lowest BCUT2D eigenvalue weighted by molar-refractivity contribution is -0.162. The number of nitrogens with zero attached hydrogens (tertiary/aromatic N) is 1. The van der Waals surface area contributed by atoms with Gasteiger partial charge in [-0.1, -0.05) is 6.92 Å². The lowest BCUT2D eigenvalue weighted by atomic mass is 10.1. The lowest BCUT2D eigenvalue weighted by Gasteiger charge is -2.25. The summed E-state index contributed by atoms with van der Waals surface area (Å²) in [6.07, 6.45) is 2.66. The fourth-order valence-electron chi connectivity index (χ4n) is 1.21. The average Bonchev–Trinajstić information content (AvgIpc) is 2.15. The van der Waals surface area contributed by atoms with Crippen molar-refractivity contribution in [3.05, 3.63) is 5.57 Å². The molecule has 1 saturated heterocycles. The molecule has 1 aliphatic rings. The van der Waals surface area contributed by atoms with Crippen molar-refractivity contribution in [2.24, 2.45) is 0 Å². The van der Waals surface area contributed by atoms with Crippen molar-refractivity contribution in [2.75, 3.05) is 19.7 Å². The third-order valence-electron chi connectivity index (χ3n) is 1.95.